The number of nitrogens with one attached hydrogen (secondary N) is 2. The second-order valence-electron chi connectivity index (χ2n) is 8.61. The molecule has 1 aliphatic heterocycles. The molecule has 0 bridgehead atoms. The van der Waals surface area contributed by atoms with Crippen molar-refractivity contribution < 1.29 is 19.1 Å². The number of fused-ring (bicyclic) bond motifs is 1. The lowest BCUT2D eigenvalue weighted by Gasteiger charge is -2.26. The Bertz CT molecular complexity index is 1030. The van der Waals surface area contributed by atoms with Crippen molar-refractivity contribution in [2.45, 2.75) is 25.7 Å². The standard InChI is InChI=1S/C24H31N5O4/c1-2-17-13-18(17)5-4-8-25-24(32)20-6-3-7-21-27-19(16-29(20)21)14-22(30)26-15-23(31)28-9-11-33-12-10-28/h2-3,6-7,16-18H,1,4-5,8-15H2,(H,25,32)(H,26,30). The molecule has 9 heteroatoms. The first-order chi connectivity index (χ1) is 16.0. The monoisotopic (exact) mass is 453 g/mol. The van der Waals surface area contributed by atoms with Crippen LogP contribution >= 0.6 is 0 Å². The van der Waals surface area contributed by atoms with Gasteiger partial charge in [-0.05, 0) is 43.2 Å². The summed E-state index contributed by atoms with van der Waals surface area (Å²) in [6.45, 7) is 6.53. The Labute approximate surface area is 193 Å². The Morgan fingerprint density at radius 1 is 1.21 bits per heavy atom. The van der Waals surface area contributed by atoms with E-state index in [9.17, 15) is 14.4 Å². The summed E-state index contributed by atoms with van der Waals surface area (Å²) in [5, 5.41) is 5.64. The van der Waals surface area contributed by atoms with Gasteiger partial charge in [0.1, 0.15) is 11.3 Å². The van der Waals surface area contributed by atoms with E-state index in [0.29, 0.717) is 61.7 Å². The third kappa shape index (κ3) is 5.98. The molecule has 2 aromatic rings. The van der Waals surface area contributed by atoms with Crippen LogP contribution in [0.2, 0.25) is 0 Å². The fraction of sp³-hybridized carbons (Fsp3) is 0.500. The van der Waals surface area contributed by atoms with Crippen LogP contribution in [0.5, 0.6) is 0 Å². The molecule has 0 aromatic carbocycles. The number of rotatable bonds is 10. The van der Waals surface area contributed by atoms with Gasteiger partial charge >= 0.3 is 0 Å². The molecular weight excluding hydrogens is 422 g/mol. The van der Waals surface area contributed by atoms with E-state index in [2.05, 4.69) is 22.2 Å². The van der Waals surface area contributed by atoms with Crippen LogP contribution in [0.15, 0.2) is 37.1 Å². The molecule has 1 aliphatic carbocycles. The molecule has 2 fully saturated rings. The van der Waals surface area contributed by atoms with Crippen molar-refractivity contribution in [3.8, 4) is 0 Å². The normalized spacial score (nSPS) is 19.8. The fourth-order valence-corrected chi connectivity index (χ4v) is 4.21. The average molecular weight is 454 g/mol. The Hall–Kier alpha value is -3.20. The highest BCUT2D eigenvalue weighted by molar-refractivity contribution is 5.93. The summed E-state index contributed by atoms with van der Waals surface area (Å²) in [7, 11) is 0. The van der Waals surface area contributed by atoms with Gasteiger partial charge in [0.15, 0.2) is 0 Å². The zero-order valence-electron chi connectivity index (χ0n) is 18.8. The first kappa shape index (κ1) is 23.0. The molecule has 0 radical (unpaired) electrons. The zero-order valence-corrected chi connectivity index (χ0v) is 18.8. The number of allylic oxidation sites excluding steroid dienone is 1. The average Bonchev–Trinajstić information content (AvgIpc) is 3.48. The van der Waals surface area contributed by atoms with E-state index in [4.69, 9.17) is 4.74 Å². The molecule has 2 aromatic heterocycles. The molecule has 2 aliphatic rings. The van der Waals surface area contributed by atoms with Gasteiger partial charge < -0.3 is 20.3 Å². The molecule has 1 saturated heterocycles. The van der Waals surface area contributed by atoms with Gasteiger partial charge in [0, 0.05) is 25.8 Å². The molecule has 0 spiro atoms. The highest BCUT2D eigenvalue weighted by atomic mass is 16.5. The number of carbonyl (C=O) groups excluding carboxylic acids is 3. The van der Waals surface area contributed by atoms with E-state index in [-0.39, 0.29) is 30.7 Å². The van der Waals surface area contributed by atoms with Crippen molar-refractivity contribution in [2.75, 3.05) is 39.4 Å². The van der Waals surface area contributed by atoms with Crippen molar-refractivity contribution in [3.05, 3.63) is 48.4 Å². The number of amides is 3. The van der Waals surface area contributed by atoms with E-state index in [1.807, 2.05) is 6.08 Å². The Morgan fingerprint density at radius 3 is 2.79 bits per heavy atom. The van der Waals surface area contributed by atoms with Crippen LogP contribution in [-0.4, -0.2) is 71.4 Å². The highest BCUT2D eigenvalue weighted by Gasteiger charge is 2.33. The van der Waals surface area contributed by atoms with Crippen molar-refractivity contribution in [1.82, 2.24) is 24.9 Å². The molecule has 9 nitrogen and oxygen atoms in total. The Balaban J connectivity index is 1.28. The van der Waals surface area contributed by atoms with Crippen molar-refractivity contribution in [1.29, 1.82) is 0 Å². The van der Waals surface area contributed by atoms with E-state index in [1.165, 1.54) is 6.42 Å². The third-order valence-corrected chi connectivity index (χ3v) is 6.23. The lowest BCUT2D eigenvalue weighted by molar-refractivity contribution is -0.136. The number of nitrogens with zero attached hydrogens (tertiary/aromatic N) is 3. The molecule has 3 heterocycles. The van der Waals surface area contributed by atoms with Gasteiger partial charge in [-0.25, -0.2) is 4.98 Å². The van der Waals surface area contributed by atoms with E-state index in [0.717, 1.165) is 12.8 Å². The second kappa shape index (κ2) is 10.6. The van der Waals surface area contributed by atoms with Crippen molar-refractivity contribution >= 4 is 23.4 Å². The predicted molar refractivity (Wildman–Crippen MR) is 123 cm³/mol. The maximum Gasteiger partial charge on any atom is 0.268 e. The minimum atomic E-state index is -0.288. The Kier molecular flexibility index (Phi) is 7.39. The second-order valence-corrected chi connectivity index (χ2v) is 8.61. The molecule has 4 rings (SSSR count). The molecule has 2 atom stereocenters. The largest absolute Gasteiger partial charge is 0.378 e. The summed E-state index contributed by atoms with van der Waals surface area (Å²) >= 11 is 0. The zero-order chi connectivity index (χ0) is 23.2. The maximum absolute atomic E-state index is 12.7. The van der Waals surface area contributed by atoms with Gasteiger partial charge in [-0.3, -0.25) is 18.8 Å². The third-order valence-electron chi connectivity index (χ3n) is 6.23. The van der Waals surface area contributed by atoms with E-state index < -0.39 is 0 Å². The van der Waals surface area contributed by atoms with Crippen LogP contribution in [0, 0.1) is 11.8 Å². The molecule has 2 N–H and O–H groups in total. The smallest absolute Gasteiger partial charge is 0.268 e. The summed E-state index contributed by atoms with van der Waals surface area (Å²) < 4.78 is 6.93. The minimum absolute atomic E-state index is 0.0327. The fourth-order valence-electron chi connectivity index (χ4n) is 4.21. The quantitative estimate of drug-likeness (QED) is 0.415. The summed E-state index contributed by atoms with van der Waals surface area (Å²) in [5.74, 6) is 0.787. The maximum atomic E-state index is 12.7. The molecule has 3 amide bonds. The van der Waals surface area contributed by atoms with Gasteiger partial charge in [0.05, 0.1) is 31.9 Å². The summed E-state index contributed by atoms with van der Waals surface area (Å²) in [6.07, 6.45) is 7.00. The number of pyridine rings is 1. The lowest BCUT2D eigenvalue weighted by atomic mass is 10.2. The summed E-state index contributed by atoms with van der Waals surface area (Å²) in [6, 6.07) is 5.31. The number of aromatic nitrogens is 2. The topological polar surface area (TPSA) is 105 Å². The highest BCUT2D eigenvalue weighted by Crippen LogP contribution is 2.42. The number of imidazole rings is 1. The summed E-state index contributed by atoms with van der Waals surface area (Å²) in [4.78, 5) is 43.4. The van der Waals surface area contributed by atoms with Crippen LogP contribution in [0.25, 0.3) is 5.65 Å². The SMILES string of the molecule is C=CC1CC1CCCNC(=O)c1cccc2nc(CC(=O)NCC(=O)N3CCOCC3)cn12. The molecule has 176 valence electrons. The van der Waals surface area contributed by atoms with Gasteiger partial charge in [-0.15, -0.1) is 6.58 Å². The molecule has 33 heavy (non-hydrogen) atoms. The van der Waals surface area contributed by atoms with Gasteiger partial charge in [-0.1, -0.05) is 12.1 Å². The first-order valence-corrected chi connectivity index (χ1v) is 11.5. The molecule has 1 saturated carbocycles. The number of hydrogen-bond acceptors (Lipinski definition) is 5. The van der Waals surface area contributed by atoms with Gasteiger partial charge in [0.2, 0.25) is 11.8 Å². The predicted octanol–water partition coefficient (Wildman–Crippen LogP) is 1.18. The number of ether oxygens (including phenoxy) is 1. The van der Waals surface area contributed by atoms with Gasteiger partial charge in [-0.2, -0.15) is 0 Å². The Morgan fingerprint density at radius 2 is 2.03 bits per heavy atom. The van der Waals surface area contributed by atoms with E-state index >= 15 is 0 Å². The van der Waals surface area contributed by atoms with Crippen LogP contribution in [-0.2, 0) is 20.7 Å². The minimum Gasteiger partial charge on any atom is -0.378 e. The number of morpholine rings is 1. The number of carbonyl (C=O) groups is 3. The molecular formula is C24H31N5O4. The van der Waals surface area contributed by atoms with Crippen molar-refractivity contribution in [3.63, 3.8) is 0 Å². The van der Waals surface area contributed by atoms with Gasteiger partial charge in [0.25, 0.3) is 5.91 Å². The first-order valence-electron chi connectivity index (χ1n) is 11.5. The number of hydrogen-bond donors (Lipinski definition) is 2. The van der Waals surface area contributed by atoms with Crippen LogP contribution in [0.1, 0.15) is 35.4 Å². The summed E-state index contributed by atoms with van der Waals surface area (Å²) in [5.41, 5.74) is 1.61. The van der Waals surface area contributed by atoms with Crippen LogP contribution in [0.3, 0.4) is 0 Å². The van der Waals surface area contributed by atoms with Crippen molar-refractivity contribution in [2.24, 2.45) is 11.8 Å². The van der Waals surface area contributed by atoms with E-state index in [1.54, 1.807) is 33.7 Å². The van der Waals surface area contributed by atoms with Crippen LogP contribution < -0.4 is 10.6 Å². The molecule has 2 unspecified atom stereocenters. The lowest BCUT2D eigenvalue weighted by Crippen LogP contribution is -2.45. The van der Waals surface area contributed by atoms with Crippen LogP contribution in [0.4, 0.5) is 0 Å².